The molecule has 73 heavy (non-hydrogen) atoms. The van der Waals surface area contributed by atoms with Crippen molar-refractivity contribution in [1.29, 1.82) is 0 Å². The van der Waals surface area contributed by atoms with E-state index in [0.29, 0.717) is 5.56 Å². The first-order valence-electron chi connectivity index (χ1n) is 22.0. The third kappa shape index (κ3) is 22.6. The second-order valence-electron chi connectivity index (χ2n) is 15.8. The van der Waals surface area contributed by atoms with Crippen LogP contribution in [0.3, 0.4) is 0 Å². The molecule has 8 atom stereocenters. The molecule has 0 aromatic heterocycles. The number of guanidine groups is 1. The standard InChI is InChI=1S/C42H56N12O15S4/c1-2-3-11-30(55)48-26-17-70-73-20-29(41(68)69)54-35(62)23(13-21-8-5-4-6-9-21)50-40(67)28-19-72-71-18-27(53-37(64)25(15-33(59)60)51-38(26)65)39(66)49-22(10-7-12-45-42(43)44)34(61)46-16-31(56)47-24(14-32(57)58)36(63)52-28/h1,4-6,8-9,22-29H,3,7,10-20H2,(H,46,61)(H,47,56)(H,48,55)(H,49,66)(H,50,67)(H,51,65)(H,52,63)(H,53,64)(H,54,62)(H,57,58)(H,59,60)(H,68,69)(H4,43,44,45)/t22-,23-,24-,25-,26-,27-,28-,29-/m1/s1. The fourth-order valence-electron chi connectivity index (χ4n) is 6.41. The predicted molar refractivity (Wildman–Crippen MR) is 269 cm³/mol. The number of amides is 9. The Morgan fingerprint density at radius 2 is 1.19 bits per heavy atom. The molecule has 1 aromatic rings. The van der Waals surface area contributed by atoms with Gasteiger partial charge in [0.15, 0.2) is 5.96 Å². The number of aliphatic carboxylic acids is 3. The number of hydrogen-bond donors (Lipinski definition) is 14. The van der Waals surface area contributed by atoms with Crippen LogP contribution in [-0.4, -0.2) is 177 Å². The zero-order chi connectivity index (χ0) is 54.0. The minimum absolute atomic E-state index is 0.0322. The lowest BCUT2D eigenvalue weighted by molar-refractivity contribution is -0.142. The number of hydrogen-bond acceptors (Lipinski definition) is 17. The number of carbonyl (C=O) groups is 12. The number of carboxylic acid groups (broad SMARTS) is 3. The van der Waals surface area contributed by atoms with Crippen LogP contribution in [-0.2, 0) is 64.0 Å². The molecule has 2 saturated heterocycles. The lowest BCUT2D eigenvalue weighted by atomic mass is 10.0. The van der Waals surface area contributed by atoms with E-state index in [1.165, 1.54) is 0 Å². The van der Waals surface area contributed by atoms with Crippen LogP contribution in [0.4, 0.5) is 0 Å². The van der Waals surface area contributed by atoms with Crippen molar-refractivity contribution >= 4 is 120 Å². The van der Waals surface area contributed by atoms with Gasteiger partial charge >= 0.3 is 17.9 Å². The number of nitrogens with one attached hydrogen (secondary N) is 9. The van der Waals surface area contributed by atoms with Crippen molar-refractivity contribution in [2.45, 2.75) is 93.3 Å². The molecular weight excluding hydrogens is 1040 g/mol. The Morgan fingerprint density at radius 3 is 1.75 bits per heavy atom. The molecule has 2 aliphatic rings. The molecule has 0 saturated carbocycles. The van der Waals surface area contributed by atoms with Crippen molar-refractivity contribution < 1.29 is 72.9 Å². The van der Waals surface area contributed by atoms with Crippen LogP contribution < -0.4 is 59.3 Å². The fraction of sp³-hybridized carbons (Fsp3) is 0.500. The average molecular weight is 1100 g/mol. The summed E-state index contributed by atoms with van der Waals surface area (Å²) in [5, 5.41) is 51.0. The number of benzene rings is 1. The molecule has 2 fully saturated rings. The molecule has 2 aliphatic heterocycles. The van der Waals surface area contributed by atoms with Gasteiger partial charge in [-0.2, -0.15) is 0 Å². The van der Waals surface area contributed by atoms with Gasteiger partial charge in [0.25, 0.3) is 0 Å². The number of nitrogens with two attached hydrogens (primary N) is 2. The van der Waals surface area contributed by atoms with Crippen LogP contribution in [0.2, 0.25) is 0 Å². The molecule has 3 rings (SSSR count). The first kappa shape index (κ1) is 60.4. The van der Waals surface area contributed by atoms with Crippen molar-refractivity contribution in [3.8, 4) is 12.3 Å². The SMILES string of the molecule is C#CCCC(=O)N[C@@H]1CSSC[C@H](C(=O)O)NC(=O)[C@@H](Cc2ccccc2)NC(=O)[C@H]2CSSC[C@@H](NC(=O)[C@@H](CC(=O)O)NC1=O)C(=O)N[C@H](CCCN=C(N)N)C(=O)NCC(=O)N[C@H](CC(=O)O)C(=O)N2. The number of terminal acetylenes is 1. The van der Waals surface area contributed by atoms with E-state index in [0.717, 1.165) is 43.2 Å². The van der Waals surface area contributed by atoms with Gasteiger partial charge in [0.05, 0.1) is 19.4 Å². The van der Waals surface area contributed by atoms with Gasteiger partial charge in [0, 0.05) is 48.8 Å². The number of carbonyl (C=O) groups excluding carboxylic acids is 9. The molecule has 31 heteroatoms. The predicted octanol–water partition coefficient (Wildman–Crippen LogP) is -4.49. The summed E-state index contributed by atoms with van der Waals surface area (Å²) in [5.41, 5.74) is 11.3. The van der Waals surface area contributed by atoms with E-state index in [1.54, 1.807) is 30.3 Å². The van der Waals surface area contributed by atoms with Crippen LogP contribution >= 0.6 is 43.2 Å². The Hall–Kier alpha value is -6.91. The highest BCUT2D eigenvalue weighted by Crippen LogP contribution is 2.25. The minimum Gasteiger partial charge on any atom is -0.481 e. The molecule has 0 aliphatic carbocycles. The summed E-state index contributed by atoms with van der Waals surface area (Å²) in [6.45, 7) is -0.916. The number of carboxylic acids is 3. The third-order valence-corrected chi connectivity index (χ3v) is 14.9. The summed E-state index contributed by atoms with van der Waals surface area (Å²) >= 11 is 0. The molecule has 2 heterocycles. The summed E-state index contributed by atoms with van der Waals surface area (Å²) in [4.78, 5) is 164. The highest BCUT2D eigenvalue weighted by Gasteiger charge is 2.36. The van der Waals surface area contributed by atoms with Gasteiger partial charge in [0.1, 0.15) is 48.3 Å². The molecule has 9 amide bonds. The van der Waals surface area contributed by atoms with E-state index in [1.807, 2.05) is 0 Å². The molecular formula is C42H56N12O15S4. The Kier molecular flexibility index (Phi) is 26.1. The van der Waals surface area contributed by atoms with Crippen molar-refractivity contribution in [3.63, 3.8) is 0 Å². The molecule has 27 nitrogen and oxygen atoms in total. The summed E-state index contributed by atoms with van der Waals surface area (Å²) in [7, 11) is 3.30. The zero-order valence-electron chi connectivity index (χ0n) is 38.8. The summed E-state index contributed by atoms with van der Waals surface area (Å²) < 4.78 is 0. The molecule has 398 valence electrons. The molecule has 0 radical (unpaired) electrons. The maximum atomic E-state index is 14.3. The molecule has 1 aromatic carbocycles. The smallest absolute Gasteiger partial charge is 0.327 e. The molecule has 0 unspecified atom stereocenters. The highest BCUT2D eigenvalue weighted by molar-refractivity contribution is 8.77. The number of nitrogens with zero attached hydrogens (tertiary/aromatic N) is 1. The lowest BCUT2D eigenvalue weighted by Gasteiger charge is -2.27. The topological polar surface area (TPSA) is 438 Å². The summed E-state index contributed by atoms with van der Waals surface area (Å²) in [6, 6.07) is -5.02. The lowest BCUT2D eigenvalue weighted by Crippen LogP contribution is -2.59. The second kappa shape index (κ2) is 31.5. The Labute approximate surface area is 433 Å². The van der Waals surface area contributed by atoms with Crippen molar-refractivity contribution in [1.82, 2.24) is 47.9 Å². The van der Waals surface area contributed by atoms with E-state index in [-0.39, 0.29) is 56.1 Å². The van der Waals surface area contributed by atoms with Gasteiger partial charge in [-0.1, -0.05) is 73.5 Å². The largest absolute Gasteiger partial charge is 0.481 e. The monoisotopic (exact) mass is 1100 g/mol. The van der Waals surface area contributed by atoms with Crippen molar-refractivity contribution in [2.24, 2.45) is 16.5 Å². The van der Waals surface area contributed by atoms with Gasteiger partial charge in [-0.05, 0) is 18.4 Å². The van der Waals surface area contributed by atoms with Gasteiger partial charge < -0.3 is 74.6 Å². The number of rotatable bonds is 14. The Balaban J connectivity index is 2.20. The number of aliphatic imine (C=N–C) groups is 1. The van der Waals surface area contributed by atoms with E-state index in [4.69, 9.17) is 17.9 Å². The number of fused-ring (bicyclic) bond motifs is 5. The minimum atomic E-state index is -1.92. The van der Waals surface area contributed by atoms with Gasteiger partial charge in [0.2, 0.25) is 53.2 Å². The maximum absolute atomic E-state index is 14.3. The first-order valence-corrected chi connectivity index (χ1v) is 27.0. The van der Waals surface area contributed by atoms with Crippen molar-refractivity contribution in [2.75, 3.05) is 36.1 Å². The zero-order valence-corrected chi connectivity index (χ0v) is 42.0. The van der Waals surface area contributed by atoms with Gasteiger partial charge in [-0.3, -0.25) is 57.7 Å². The summed E-state index contributed by atoms with van der Waals surface area (Å²) in [5.74, 6) is -13.5. The second-order valence-corrected chi connectivity index (χ2v) is 20.9. The van der Waals surface area contributed by atoms with Gasteiger partial charge in [-0.15, -0.1) is 12.3 Å². The molecule has 2 bridgehead atoms. The van der Waals surface area contributed by atoms with Crippen LogP contribution in [0.15, 0.2) is 35.3 Å². The molecule has 0 spiro atoms. The Morgan fingerprint density at radius 1 is 0.658 bits per heavy atom. The van der Waals surface area contributed by atoms with E-state index in [2.05, 4.69) is 58.8 Å². The van der Waals surface area contributed by atoms with E-state index in [9.17, 15) is 72.9 Å². The Bertz CT molecular complexity index is 2270. The van der Waals surface area contributed by atoms with Crippen LogP contribution in [0.5, 0.6) is 0 Å². The van der Waals surface area contributed by atoms with Gasteiger partial charge in [-0.25, -0.2) is 4.79 Å². The fourth-order valence-corrected chi connectivity index (χ4v) is 11.1. The highest BCUT2D eigenvalue weighted by atomic mass is 33.1. The van der Waals surface area contributed by atoms with Crippen molar-refractivity contribution in [3.05, 3.63) is 35.9 Å². The average Bonchev–Trinajstić information content (AvgIpc) is 3.32. The first-order chi connectivity index (χ1) is 34.7. The van der Waals surface area contributed by atoms with Crippen LogP contribution in [0.25, 0.3) is 0 Å². The van der Waals surface area contributed by atoms with Crippen LogP contribution in [0, 0.1) is 12.3 Å². The maximum Gasteiger partial charge on any atom is 0.327 e. The summed E-state index contributed by atoms with van der Waals surface area (Å²) in [6.07, 6.45) is 2.62. The third-order valence-electron chi connectivity index (χ3n) is 10.1. The normalized spacial score (nSPS) is 24.6. The van der Waals surface area contributed by atoms with E-state index >= 15 is 0 Å². The van der Waals surface area contributed by atoms with Crippen LogP contribution in [0.1, 0.15) is 44.1 Å². The molecule has 16 N–H and O–H groups in total. The van der Waals surface area contributed by atoms with E-state index < -0.39 is 150 Å². The quantitative estimate of drug-likeness (QED) is 0.0275.